The molecule has 0 spiro atoms. The van der Waals surface area contributed by atoms with Crippen LogP contribution in [0.1, 0.15) is 17.7 Å². The van der Waals surface area contributed by atoms with E-state index in [1.807, 2.05) is 6.07 Å². The summed E-state index contributed by atoms with van der Waals surface area (Å²) in [4.78, 5) is 3.82. The molecular formula is C8H6F2IN3. The van der Waals surface area contributed by atoms with Gasteiger partial charge < -0.3 is 5.73 Å². The van der Waals surface area contributed by atoms with Gasteiger partial charge in [0.2, 0.25) is 0 Å². The molecule has 0 radical (unpaired) electrons. The lowest BCUT2D eigenvalue weighted by molar-refractivity contribution is 0.150. The van der Waals surface area contributed by atoms with Gasteiger partial charge >= 0.3 is 0 Å². The van der Waals surface area contributed by atoms with E-state index in [4.69, 9.17) is 11.0 Å². The SMILES string of the molecule is N#CCc1nc(N)cc(C(F)F)c1I. The molecule has 14 heavy (non-hydrogen) atoms. The number of nitrogens with two attached hydrogens (primary N) is 1. The summed E-state index contributed by atoms with van der Waals surface area (Å²) in [6, 6.07) is 2.98. The van der Waals surface area contributed by atoms with Crippen LogP contribution in [0.4, 0.5) is 14.6 Å². The summed E-state index contributed by atoms with van der Waals surface area (Å²) in [6.07, 6.45) is -2.60. The standard InChI is InChI=1S/C8H6F2IN3/c9-8(10)4-3-6(13)14-5(1-2-12)7(4)11/h3,8H,1H2,(H2,13,14). The molecule has 0 aromatic carbocycles. The number of rotatable bonds is 2. The molecule has 3 nitrogen and oxygen atoms in total. The van der Waals surface area contributed by atoms with Crippen LogP contribution in [-0.4, -0.2) is 4.98 Å². The molecule has 6 heteroatoms. The first-order valence-corrected chi connectivity index (χ1v) is 4.74. The van der Waals surface area contributed by atoms with E-state index in [1.54, 1.807) is 22.6 Å². The van der Waals surface area contributed by atoms with Gasteiger partial charge in [0.25, 0.3) is 6.43 Å². The highest BCUT2D eigenvalue weighted by atomic mass is 127. The predicted octanol–water partition coefficient (Wildman–Crippen LogP) is 2.27. The van der Waals surface area contributed by atoms with Gasteiger partial charge in [-0.3, -0.25) is 0 Å². The maximum Gasteiger partial charge on any atom is 0.265 e. The van der Waals surface area contributed by atoms with Crippen molar-refractivity contribution in [3.8, 4) is 6.07 Å². The lowest BCUT2D eigenvalue weighted by atomic mass is 10.2. The van der Waals surface area contributed by atoms with Crippen LogP contribution in [0, 0.1) is 14.9 Å². The summed E-state index contributed by atoms with van der Waals surface area (Å²) in [6.45, 7) is 0. The van der Waals surface area contributed by atoms with E-state index in [-0.39, 0.29) is 17.8 Å². The minimum Gasteiger partial charge on any atom is -0.384 e. The minimum atomic E-state index is -2.59. The van der Waals surface area contributed by atoms with Gasteiger partial charge in [0, 0.05) is 9.13 Å². The molecule has 1 aromatic heterocycles. The van der Waals surface area contributed by atoms with E-state index in [0.29, 0.717) is 9.26 Å². The molecule has 1 heterocycles. The van der Waals surface area contributed by atoms with Gasteiger partial charge in [0.15, 0.2) is 0 Å². The Bertz CT molecular complexity index is 387. The molecule has 2 N–H and O–H groups in total. The van der Waals surface area contributed by atoms with Gasteiger partial charge in [-0.2, -0.15) is 5.26 Å². The van der Waals surface area contributed by atoms with Crippen LogP contribution in [-0.2, 0) is 6.42 Å². The van der Waals surface area contributed by atoms with Gasteiger partial charge in [-0.25, -0.2) is 13.8 Å². The molecule has 1 aromatic rings. The summed E-state index contributed by atoms with van der Waals surface area (Å²) in [5, 5.41) is 8.44. The molecule has 74 valence electrons. The average Bonchev–Trinajstić information content (AvgIpc) is 2.10. The summed E-state index contributed by atoms with van der Waals surface area (Å²) >= 11 is 1.75. The van der Waals surface area contributed by atoms with Gasteiger partial charge in [-0.1, -0.05) is 0 Å². The van der Waals surface area contributed by atoms with Gasteiger partial charge in [0.05, 0.1) is 18.2 Å². The molecule has 0 amide bonds. The Morgan fingerprint density at radius 3 is 2.79 bits per heavy atom. The van der Waals surface area contributed by atoms with Crippen LogP contribution < -0.4 is 5.73 Å². The molecule has 0 saturated carbocycles. The summed E-state index contributed by atoms with van der Waals surface area (Å²) in [5.74, 6) is 0.0194. The Labute approximate surface area is 93.1 Å². The number of anilines is 1. The van der Waals surface area contributed by atoms with Crippen molar-refractivity contribution in [2.75, 3.05) is 5.73 Å². The number of nitrogen functional groups attached to an aromatic ring is 1. The summed E-state index contributed by atoms with van der Waals surface area (Å²) in [5.41, 5.74) is 5.48. The molecule has 0 bridgehead atoms. The quantitative estimate of drug-likeness (QED) is 0.853. The van der Waals surface area contributed by atoms with E-state index in [2.05, 4.69) is 4.98 Å². The Morgan fingerprint density at radius 1 is 1.64 bits per heavy atom. The lowest BCUT2D eigenvalue weighted by Crippen LogP contribution is -2.03. The van der Waals surface area contributed by atoms with Crippen molar-refractivity contribution in [2.45, 2.75) is 12.8 Å². The van der Waals surface area contributed by atoms with Crippen molar-refractivity contribution >= 4 is 28.4 Å². The zero-order valence-corrected chi connectivity index (χ0v) is 9.12. The zero-order valence-electron chi connectivity index (χ0n) is 6.97. The highest BCUT2D eigenvalue weighted by Crippen LogP contribution is 2.27. The van der Waals surface area contributed by atoms with Crippen LogP contribution in [0.2, 0.25) is 0 Å². The first-order valence-electron chi connectivity index (χ1n) is 3.66. The van der Waals surface area contributed by atoms with E-state index >= 15 is 0 Å². The second-order valence-corrected chi connectivity index (χ2v) is 3.61. The maximum atomic E-state index is 12.5. The number of alkyl halides is 2. The number of aromatic nitrogens is 1. The Hall–Kier alpha value is -0.970. The number of nitriles is 1. The van der Waals surface area contributed by atoms with Crippen LogP contribution in [0.3, 0.4) is 0 Å². The molecule has 0 saturated heterocycles. The Kier molecular flexibility index (Phi) is 3.57. The predicted molar refractivity (Wildman–Crippen MR) is 55.6 cm³/mol. The van der Waals surface area contributed by atoms with Crippen LogP contribution in [0.25, 0.3) is 0 Å². The van der Waals surface area contributed by atoms with E-state index < -0.39 is 6.43 Å². The van der Waals surface area contributed by atoms with Gasteiger partial charge in [-0.05, 0) is 28.7 Å². The monoisotopic (exact) mass is 309 g/mol. The van der Waals surface area contributed by atoms with Gasteiger partial charge in [0.1, 0.15) is 5.82 Å². The first kappa shape index (κ1) is 11.1. The largest absolute Gasteiger partial charge is 0.384 e. The maximum absolute atomic E-state index is 12.5. The third-order valence-electron chi connectivity index (χ3n) is 1.56. The molecule has 0 atom stereocenters. The highest BCUT2D eigenvalue weighted by molar-refractivity contribution is 14.1. The van der Waals surface area contributed by atoms with E-state index in [0.717, 1.165) is 6.07 Å². The lowest BCUT2D eigenvalue weighted by Gasteiger charge is -2.07. The smallest absolute Gasteiger partial charge is 0.265 e. The minimum absolute atomic E-state index is 0.0109. The van der Waals surface area contributed by atoms with Crippen molar-refractivity contribution in [3.63, 3.8) is 0 Å². The average molecular weight is 309 g/mol. The second-order valence-electron chi connectivity index (χ2n) is 2.53. The molecule has 0 aliphatic rings. The molecular weight excluding hydrogens is 303 g/mol. The van der Waals surface area contributed by atoms with Crippen LogP contribution in [0.5, 0.6) is 0 Å². The van der Waals surface area contributed by atoms with Crippen LogP contribution in [0.15, 0.2) is 6.07 Å². The van der Waals surface area contributed by atoms with E-state index in [9.17, 15) is 8.78 Å². The third-order valence-corrected chi connectivity index (χ3v) is 2.80. The first-order chi connectivity index (χ1) is 6.56. The fourth-order valence-corrected chi connectivity index (χ4v) is 1.68. The van der Waals surface area contributed by atoms with Crippen molar-refractivity contribution in [1.29, 1.82) is 5.26 Å². The summed E-state index contributed by atoms with van der Waals surface area (Å²) < 4.78 is 25.2. The number of pyridine rings is 1. The second kappa shape index (κ2) is 4.50. The highest BCUT2D eigenvalue weighted by Gasteiger charge is 2.16. The number of halogens is 3. The van der Waals surface area contributed by atoms with Gasteiger partial charge in [-0.15, -0.1) is 0 Å². The summed E-state index contributed by atoms with van der Waals surface area (Å²) in [7, 11) is 0. The van der Waals surface area contributed by atoms with Crippen molar-refractivity contribution in [1.82, 2.24) is 4.98 Å². The van der Waals surface area contributed by atoms with Crippen molar-refractivity contribution in [3.05, 3.63) is 20.9 Å². The van der Waals surface area contributed by atoms with E-state index in [1.165, 1.54) is 0 Å². The molecule has 1 rings (SSSR count). The Balaban J connectivity index is 3.26. The fraction of sp³-hybridized carbons (Fsp3) is 0.250. The fourth-order valence-electron chi connectivity index (χ4n) is 0.977. The third kappa shape index (κ3) is 2.29. The Morgan fingerprint density at radius 2 is 2.29 bits per heavy atom. The van der Waals surface area contributed by atoms with Crippen LogP contribution >= 0.6 is 22.6 Å². The van der Waals surface area contributed by atoms with Crippen molar-refractivity contribution in [2.24, 2.45) is 0 Å². The number of hydrogen-bond donors (Lipinski definition) is 1. The number of nitrogens with zero attached hydrogens (tertiary/aromatic N) is 2. The number of hydrogen-bond acceptors (Lipinski definition) is 3. The molecule has 0 aliphatic carbocycles. The molecule has 0 aliphatic heterocycles. The zero-order chi connectivity index (χ0) is 10.7. The topological polar surface area (TPSA) is 62.7 Å². The van der Waals surface area contributed by atoms with Crippen molar-refractivity contribution < 1.29 is 8.78 Å². The molecule has 0 fully saturated rings. The molecule has 0 unspecified atom stereocenters. The normalized spacial score (nSPS) is 10.2.